The van der Waals surface area contributed by atoms with Crippen molar-refractivity contribution in [1.82, 2.24) is 5.43 Å². The molecule has 78 valence electrons. The maximum atomic E-state index is 13.3. The van der Waals surface area contributed by atoms with Crippen LogP contribution in [0.15, 0.2) is 18.2 Å². The van der Waals surface area contributed by atoms with Gasteiger partial charge in [-0.3, -0.25) is 11.3 Å². The summed E-state index contributed by atoms with van der Waals surface area (Å²) in [5.41, 5.74) is 3.35. The Hall–Kier alpha value is -1.13. The maximum absolute atomic E-state index is 13.3. The van der Waals surface area contributed by atoms with Crippen molar-refractivity contribution in [3.8, 4) is 5.75 Å². The van der Waals surface area contributed by atoms with E-state index in [-0.39, 0.29) is 17.6 Å². The van der Waals surface area contributed by atoms with Gasteiger partial charge in [-0.05, 0) is 31.5 Å². The van der Waals surface area contributed by atoms with Gasteiger partial charge >= 0.3 is 0 Å². The van der Waals surface area contributed by atoms with Crippen LogP contribution in [0.2, 0.25) is 0 Å². The van der Waals surface area contributed by atoms with E-state index in [0.29, 0.717) is 6.61 Å². The zero-order valence-electron chi connectivity index (χ0n) is 8.38. The number of rotatable bonds is 4. The molecule has 1 unspecified atom stereocenters. The average Bonchev–Trinajstić information content (AvgIpc) is 2.20. The minimum absolute atomic E-state index is 0.0693. The molecule has 0 saturated heterocycles. The van der Waals surface area contributed by atoms with Crippen LogP contribution in [0.3, 0.4) is 0 Å². The van der Waals surface area contributed by atoms with Gasteiger partial charge in [0.2, 0.25) is 0 Å². The molecule has 1 atom stereocenters. The molecule has 1 rings (SSSR count). The van der Waals surface area contributed by atoms with Crippen molar-refractivity contribution in [3.05, 3.63) is 29.6 Å². The number of nitrogens with two attached hydrogens (primary N) is 1. The summed E-state index contributed by atoms with van der Waals surface area (Å²) in [6, 6.07) is 4.76. The predicted molar refractivity (Wildman–Crippen MR) is 53.3 cm³/mol. The summed E-state index contributed by atoms with van der Waals surface area (Å²) in [7, 11) is 0. The minimum atomic E-state index is -0.355. The Morgan fingerprint density at radius 2 is 2.29 bits per heavy atom. The molecule has 0 heterocycles. The van der Waals surface area contributed by atoms with Gasteiger partial charge in [-0.15, -0.1) is 0 Å². The van der Waals surface area contributed by atoms with Crippen molar-refractivity contribution in [2.75, 3.05) is 6.61 Å². The fourth-order valence-electron chi connectivity index (χ4n) is 1.16. The largest absolute Gasteiger partial charge is 0.491 e. The Bertz CT molecular complexity index is 304. The molecule has 0 amide bonds. The van der Waals surface area contributed by atoms with Crippen LogP contribution in [0.1, 0.15) is 25.5 Å². The van der Waals surface area contributed by atoms with E-state index in [9.17, 15) is 4.39 Å². The first kappa shape index (κ1) is 10.9. The monoisotopic (exact) mass is 198 g/mol. The first-order valence-corrected chi connectivity index (χ1v) is 4.57. The molecule has 0 aromatic heterocycles. The topological polar surface area (TPSA) is 47.3 Å². The fraction of sp³-hybridized carbons (Fsp3) is 0.400. The Balaban J connectivity index is 2.88. The summed E-state index contributed by atoms with van der Waals surface area (Å²) < 4.78 is 18.4. The summed E-state index contributed by atoms with van der Waals surface area (Å²) >= 11 is 0. The lowest BCUT2D eigenvalue weighted by atomic mass is 10.1. The molecule has 0 bridgehead atoms. The zero-order chi connectivity index (χ0) is 10.6. The molecule has 1 aromatic rings. The molecule has 14 heavy (non-hydrogen) atoms. The highest BCUT2D eigenvalue weighted by Gasteiger charge is 2.07. The Labute approximate surface area is 83.0 Å². The lowest BCUT2D eigenvalue weighted by molar-refractivity contribution is 0.321. The molecule has 0 fully saturated rings. The van der Waals surface area contributed by atoms with Crippen LogP contribution in [0.5, 0.6) is 5.75 Å². The van der Waals surface area contributed by atoms with E-state index in [1.54, 1.807) is 12.1 Å². The first-order chi connectivity index (χ1) is 6.69. The SMILES string of the molecule is CCOc1ccc(C(C)NN)cc1F. The lowest BCUT2D eigenvalue weighted by Gasteiger charge is -2.11. The number of hydrazine groups is 1. The van der Waals surface area contributed by atoms with Crippen LogP contribution in [0.25, 0.3) is 0 Å². The van der Waals surface area contributed by atoms with Crippen LogP contribution in [-0.2, 0) is 0 Å². The van der Waals surface area contributed by atoms with E-state index >= 15 is 0 Å². The van der Waals surface area contributed by atoms with Gasteiger partial charge in [0.15, 0.2) is 11.6 Å². The molecule has 0 radical (unpaired) electrons. The number of hydrogen-bond acceptors (Lipinski definition) is 3. The van der Waals surface area contributed by atoms with Gasteiger partial charge in [0.1, 0.15) is 0 Å². The molecule has 0 saturated carbocycles. The van der Waals surface area contributed by atoms with Crippen molar-refractivity contribution in [3.63, 3.8) is 0 Å². The standard InChI is InChI=1S/C10H15FN2O/c1-3-14-10-5-4-8(6-9(10)11)7(2)13-12/h4-7,13H,3,12H2,1-2H3. The summed E-state index contributed by atoms with van der Waals surface area (Å²) in [6.07, 6.45) is 0. The predicted octanol–water partition coefficient (Wildman–Crippen LogP) is 1.75. The fourth-order valence-corrected chi connectivity index (χ4v) is 1.16. The summed E-state index contributed by atoms with van der Waals surface area (Å²) in [6.45, 7) is 4.13. The maximum Gasteiger partial charge on any atom is 0.165 e. The molecule has 1 aromatic carbocycles. The second-order valence-electron chi connectivity index (χ2n) is 3.01. The number of hydrogen-bond donors (Lipinski definition) is 2. The third-order valence-electron chi connectivity index (χ3n) is 2.01. The second kappa shape index (κ2) is 4.93. The third kappa shape index (κ3) is 2.43. The van der Waals surface area contributed by atoms with Crippen LogP contribution >= 0.6 is 0 Å². The number of halogens is 1. The quantitative estimate of drug-likeness (QED) is 0.572. The van der Waals surface area contributed by atoms with Crippen LogP contribution in [0.4, 0.5) is 4.39 Å². The van der Waals surface area contributed by atoms with Crippen molar-refractivity contribution < 1.29 is 9.13 Å². The van der Waals surface area contributed by atoms with Crippen molar-refractivity contribution in [2.24, 2.45) is 5.84 Å². The number of ether oxygens (including phenoxy) is 1. The first-order valence-electron chi connectivity index (χ1n) is 4.57. The zero-order valence-corrected chi connectivity index (χ0v) is 8.38. The van der Waals surface area contributed by atoms with Gasteiger partial charge in [-0.25, -0.2) is 4.39 Å². The molecule has 0 aliphatic rings. The molecule has 3 nitrogen and oxygen atoms in total. The number of nitrogens with one attached hydrogen (secondary N) is 1. The van der Waals surface area contributed by atoms with E-state index in [0.717, 1.165) is 5.56 Å². The van der Waals surface area contributed by atoms with Gasteiger partial charge < -0.3 is 4.74 Å². The highest BCUT2D eigenvalue weighted by atomic mass is 19.1. The van der Waals surface area contributed by atoms with Crippen molar-refractivity contribution >= 4 is 0 Å². The van der Waals surface area contributed by atoms with Crippen molar-refractivity contribution in [2.45, 2.75) is 19.9 Å². The Morgan fingerprint density at radius 3 is 2.79 bits per heavy atom. The van der Waals surface area contributed by atoms with Crippen LogP contribution in [0, 0.1) is 5.82 Å². The lowest BCUT2D eigenvalue weighted by Crippen LogP contribution is -2.25. The molecule has 3 N–H and O–H groups in total. The average molecular weight is 198 g/mol. The van der Waals surface area contributed by atoms with E-state index in [1.165, 1.54) is 6.07 Å². The second-order valence-corrected chi connectivity index (χ2v) is 3.01. The Kier molecular flexibility index (Phi) is 3.85. The summed E-state index contributed by atoms with van der Waals surface area (Å²) in [4.78, 5) is 0. The highest BCUT2D eigenvalue weighted by Crippen LogP contribution is 2.21. The number of benzene rings is 1. The van der Waals surface area contributed by atoms with E-state index in [1.807, 2.05) is 13.8 Å². The van der Waals surface area contributed by atoms with Gasteiger partial charge in [0.05, 0.1) is 6.61 Å². The van der Waals surface area contributed by atoms with Crippen LogP contribution < -0.4 is 16.0 Å². The van der Waals surface area contributed by atoms with E-state index in [2.05, 4.69) is 5.43 Å². The van der Waals surface area contributed by atoms with Crippen LogP contribution in [-0.4, -0.2) is 6.61 Å². The third-order valence-corrected chi connectivity index (χ3v) is 2.01. The van der Waals surface area contributed by atoms with Gasteiger partial charge in [-0.1, -0.05) is 6.07 Å². The van der Waals surface area contributed by atoms with E-state index in [4.69, 9.17) is 10.6 Å². The highest BCUT2D eigenvalue weighted by molar-refractivity contribution is 5.30. The van der Waals surface area contributed by atoms with Gasteiger partial charge in [0.25, 0.3) is 0 Å². The molecular weight excluding hydrogens is 183 g/mol. The normalized spacial score (nSPS) is 12.6. The smallest absolute Gasteiger partial charge is 0.165 e. The molecule has 0 spiro atoms. The summed E-state index contributed by atoms with van der Waals surface area (Å²) in [5.74, 6) is 5.17. The molecule has 0 aliphatic heterocycles. The van der Waals surface area contributed by atoms with Gasteiger partial charge in [-0.2, -0.15) is 0 Å². The Morgan fingerprint density at radius 1 is 1.57 bits per heavy atom. The van der Waals surface area contributed by atoms with Crippen molar-refractivity contribution in [1.29, 1.82) is 0 Å². The molecular formula is C10H15FN2O. The van der Waals surface area contributed by atoms with Gasteiger partial charge in [0, 0.05) is 6.04 Å². The summed E-state index contributed by atoms with van der Waals surface area (Å²) in [5, 5.41) is 0. The molecule has 4 heteroatoms. The minimum Gasteiger partial charge on any atom is -0.491 e. The van der Waals surface area contributed by atoms with E-state index < -0.39 is 0 Å². The molecule has 0 aliphatic carbocycles.